The highest BCUT2D eigenvalue weighted by atomic mass is 31.2. The molecular formula is C57H113NO7P+. The number of carbonyl (C=O) groups is 1. The molecule has 0 heterocycles. The maximum atomic E-state index is 12.8. The molecule has 0 saturated carbocycles. The van der Waals surface area contributed by atoms with Gasteiger partial charge in [0.15, 0.2) is 0 Å². The molecule has 1 N–H and O–H groups in total. The molecule has 0 aromatic carbocycles. The summed E-state index contributed by atoms with van der Waals surface area (Å²) in [6, 6.07) is 0. The second-order valence-corrected chi connectivity index (χ2v) is 22.1. The highest BCUT2D eigenvalue weighted by Gasteiger charge is 2.26. The minimum Gasteiger partial charge on any atom is -0.457 e. The maximum Gasteiger partial charge on any atom is 0.472 e. The maximum absolute atomic E-state index is 12.8. The molecule has 0 aliphatic heterocycles. The first-order valence-corrected chi connectivity index (χ1v) is 30.1. The third-order valence-corrected chi connectivity index (χ3v) is 13.7. The molecule has 8 nitrogen and oxygen atoms in total. The first kappa shape index (κ1) is 65.0. The predicted molar refractivity (Wildman–Crippen MR) is 284 cm³/mol. The lowest BCUT2D eigenvalue weighted by Crippen LogP contribution is -2.37. The molecule has 0 aromatic heterocycles. The molecule has 0 aromatic rings. The van der Waals surface area contributed by atoms with Crippen LogP contribution in [-0.2, 0) is 27.9 Å². The molecule has 0 aliphatic rings. The SMILES string of the molecule is CCCCCC/C=C\C/C=C\CCCCCCCCCCOCC(COP(=O)(O)OCC[N+](C)(C)C)OC(=O)CCCCCCCCCCCCCCCCCCCCCCCCCCC. The number of unbranched alkanes of at least 4 members (excludes halogenated alkanes) is 36. The second kappa shape index (κ2) is 50.4. The molecule has 0 amide bonds. The van der Waals surface area contributed by atoms with Gasteiger partial charge in [0.1, 0.15) is 19.3 Å². The summed E-state index contributed by atoms with van der Waals surface area (Å²) in [6.45, 7) is 5.66. The lowest BCUT2D eigenvalue weighted by molar-refractivity contribution is -0.870. The van der Waals surface area contributed by atoms with Gasteiger partial charge in [-0.2, -0.15) is 0 Å². The van der Waals surface area contributed by atoms with Crippen molar-refractivity contribution in [1.29, 1.82) is 0 Å². The number of hydrogen-bond donors (Lipinski definition) is 1. The van der Waals surface area contributed by atoms with Crippen LogP contribution in [0.1, 0.15) is 277 Å². The summed E-state index contributed by atoms with van der Waals surface area (Å²) >= 11 is 0. The van der Waals surface area contributed by atoms with Crippen molar-refractivity contribution >= 4 is 13.8 Å². The largest absolute Gasteiger partial charge is 0.472 e. The van der Waals surface area contributed by atoms with E-state index in [0.29, 0.717) is 24.1 Å². The highest BCUT2D eigenvalue weighted by molar-refractivity contribution is 7.47. The summed E-state index contributed by atoms with van der Waals surface area (Å²) in [5.41, 5.74) is 0. The van der Waals surface area contributed by atoms with Gasteiger partial charge in [-0.05, 0) is 44.9 Å². The summed E-state index contributed by atoms with van der Waals surface area (Å²) in [7, 11) is 1.68. The van der Waals surface area contributed by atoms with Crippen LogP contribution in [0.3, 0.4) is 0 Å². The molecule has 0 rings (SSSR count). The Labute approximate surface area is 411 Å². The van der Waals surface area contributed by atoms with Crippen molar-refractivity contribution in [3.8, 4) is 0 Å². The quantitative estimate of drug-likeness (QED) is 0.0213. The first-order chi connectivity index (χ1) is 32.1. The molecule has 9 heteroatoms. The molecule has 0 saturated heterocycles. The normalized spacial score (nSPS) is 13.6. The third kappa shape index (κ3) is 53.9. The molecule has 392 valence electrons. The highest BCUT2D eigenvalue weighted by Crippen LogP contribution is 2.43. The van der Waals surface area contributed by atoms with Crippen molar-refractivity contribution < 1.29 is 37.3 Å². The van der Waals surface area contributed by atoms with Crippen molar-refractivity contribution in [2.45, 2.75) is 283 Å². The molecule has 2 atom stereocenters. The van der Waals surface area contributed by atoms with Crippen LogP contribution < -0.4 is 0 Å². The zero-order valence-corrected chi connectivity index (χ0v) is 45.6. The van der Waals surface area contributed by atoms with Gasteiger partial charge in [-0.25, -0.2) is 4.57 Å². The van der Waals surface area contributed by atoms with Crippen LogP contribution >= 0.6 is 7.82 Å². The van der Waals surface area contributed by atoms with E-state index in [1.165, 1.54) is 218 Å². The fraction of sp³-hybridized carbons (Fsp3) is 0.912. The summed E-state index contributed by atoms with van der Waals surface area (Å²) < 4.78 is 35.2. The Kier molecular flexibility index (Phi) is 49.6. The van der Waals surface area contributed by atoms with E-state index in [9.17, 15) is 14.3 Å². The van der Waals surface area contributed by atoms with Crippen LogP contribution in [0.25, 0.3) is 0 Å². The number of nitrogens with zero attached hydrogens (tertiary/aromatic N) is 1. The monoisotopic (exact) mass is 955 g/mol. The van der Waals surface area contributed by atoms with Gasteiger partial charge in [-0.3, -0.25) is 13.8 Å². The lowest BCUT2D eigenvalue weighted by Gasteiger charge is -2.24. The van der Waals surface area contributed by atoms with Crippen LogP contribution in [0.2, 0.25) is 0 Å². The van der Waals surface area contributed by atoms with Crippen LogP contribution in [-0.4, -0.2) is 75.6 Å². The van der Waals surface area contributed by atoms with Crippen LogP contribution in [0, 0.1) is 0 Å². The van der Waals surface area contributed by atoms with E-state index in [1.807, 2.05) is 21.1 Å². The molecular weight excluding hydrogens is 842 g/mol. The van der Waals surface area contributed by atoms with E-state index in [4.69, 9.17) is 18.5 Å². The van der Waals surface area contributed by atoms with Crippen LogP contribution in [0.15, 0.2) is 24.3 Å². The van der Waals surface area contributed by atoms with E-state index in [2.05, 4.69) is 38.2 Å². The number of ether oxygens (including phenoxy) is 2. The predicted octanol–water partition coefficient (Wildman–Crippen LogP) is 17.9. The number of allylic oxidation sites excluding steroid dienone is 4. The van der Waals surface area contributed by atoms with Gasteiger partial charge in [0.05, 0.1) is 34.4 Å². The Morgan fingerprint density at radius 1 is 0.470 bits per heavy atom. The fourth-order valence-corrected chi connectivity index (χ4v) is 9.09. The minimum atomic E-state index is -4.28. The molecule has 0 fully saturated rings. The van der Waals surface area contributed by atoms with Gasteiger partial charge in [-0.15, -0.1) is 0 Å². The van der Waals surface area contributed by atoms with E-state index < -0.39 is 13.9 Å². The molecule has 0 spiro atoms. The van der Waals surface area contributed by atoms with E-state index >= 15 is 0 Å². The minimum absolute atomic E-state index is 0.0899. The van der Waals surface area contributed by atoms with Crippen molar-refractivity contribution in [2.24, 2.45) is 0 Å². The standard InChI is InChI=1S/C57H112NO7P/c1-6-8-10-12-14-16-18-20-22-24-26-27-28-29-30-31-32-34-36-38-40-42-44-46-48-50-57(59)65-56(55-64-66(60,61)63-53-51-58(3,4)5)54-62-52-49-47-45-43-41-39-37-35-33-25-23-21-19-17-15-13-11-9-7-2/h17,19,23,25,56H,6-16,18,20-22,24,26-55H2,1-5H3/p+1/b19-17-,25-23-. The van der Waals surface area contributed by atoms with Crippen molar-refractivity contribution in [2.75, 3.05) is 54.1 Å². The van der Waals surface area contributed by atoms with Crippen molar-refractivity contribution in [1.82, 2.24) is 0 Å². The average Bonchev–Trinajstić information content (AvgIpc) is 3.28. The molecule has 66 heavy (non-hydrogen) atoms. The summed E-state index contributed by atoms with van der Waals surface area (Å²) in [5.74, 6) is -0.309. The van der Waals surface area contributed by atoms with Crippen LogP contribution in [0.4, 0.5) is 0 Å². The lowest BCUT2D eigenvalue weighted by atomic mass is 10.0. The third-order valence-electron chi connectivity index (χ3n) is 12.8. The van der Waals surface area contributed by atoms with Crippen LogP contribution in [0.5, 0.6) is 0 Å². The smallest absolute Gasteiger partial charge is 0.457 e. The zero-order valence-electron chi connectivity index (χ0n) is 44.7. The summed E-state index contributed by atoms with van der Waals surface area (Å²) in [5, 5.41) is 0. The topological polar surface area (TPSA) is 91.3 Å². The van der Waals surface area contributed by atoms with E-state index in [1.54, 1.807) is 0 Å². The van der Waals surface area contributed by atoms with E-state index in [0.717, 1.165) is 38.5 Å². The van der Waals surface area contributed by atoms with Crippen molar-refractivity contribution in [3.05, 3.63) is 24.3 Å². The Hall–Kier alpha value is -1.02. The van der Waals surface area contributed by atoms with Crippen molar-refractivity contribution in [3.63, 3.8) is 0 Å². The Balaban J connectivity index is 4.03. The van der Waals surface area contributed by atoms with Gasteiger partial charge in [0, 0.05) is 13.0 Å². The number of esters is 1. The summed E-state index contributed by atoms with van der Waals surface area (Å²) in [6.07, 6.45) is 61.0. The fourth-order valence-electron chi connectivity index (χ4n) is 8.35. The average molecular weight is 956 g/mol. The van der Waals surface area contributed by atoms with Gasteiger partial charge in [0.25, 0.3) is 0 Å². The number of phosphoric acid groups is 1. The Morgan fingerprint density at radius 2 is 0.833 bits per heavy atom. The Bertz CT molecular complexity index is 1110. The zero-order chi connectivity index (χ0) is 48.3. The van der Waals surface area contributed by atoms with Gasteiger partial charge < -0.3 is 18.9 Å². The molecule has 0 aliphatic carbocycles. The number of likely N-dealkylation sites (N-methyl/N-ethyl adjacent to an activating group) is 1. The molecule has 0 bridgehead atoms. The second-order valence-electron chi connectivity index (χ2n) is 20.7. The van der Waals surface area contributed by atoms with Gasteiger partial charge in [-0.1, -0.05) is 250 Å². The molecule has 2 unspecified atom stereocenters. The van der Waals surface area contributed by atoms with E-state index in [-0.39, 0.29) is 25.8 Å². The number of hydrogen-bond acceptors (Lipinski definition) is 6. The number of quaternary nitrogens is 1. The number of carbonyl (C=O) groups excluding carboxylic acids is 1. The Morgan fingerprint density at radius 3 is 1.24 bits per heavy atom. The van der Waals surface area contributed by atoms with Gasteiger partial charge >= 0.3 is 13.8 Å². The summed E-state index contributed by atoms with van der Waals surface area (Å²) in [4.78, 5) is 23.1. The number of phosphoric ester groups is 1. The number of rotatable bonds is 54. The van der Waals surface area contributed by atoms with Gasteiger partial charge in [0.2, 0.25) is 0 Å². The first-order valence-electron chi connectivity index (χ1n) is 28.6. The molecule has 0 radical (unpaired) electrons.